The lowest BCUT2D eigenvalue weighted by Gasteiger charge is -2.09. The highest BCUT2D eigenvalue weighted by Gasteiger charge is 2.17. The second-order valence-electron chi connectivity index (χ2n) is 5.08. The van der Waals surface area contributed by atoms with Gasteiger partial charge in [-0.05, 0) is 36.4 Å². The number of rotatable bonds is 3. The van der Waals surface area contributed by atoms with Crippen molar-refractivity contribution in [2.24, 2.45) is 0 Å². The van der Waals surface area contributed by atoms with Gasteiger partial charge in [-0.2, -0.15) is 0 Å². The zero-order valence-corrected chi connectivity index (χ0v) is 13.6. The van der Waals surface area contributed by atoms with Crippen molar-refractivity contribution in [1.82, 2.24) is 0 Å². The monoisotopic (exact) mass is 333 g/mol. The SMILES string of the molecule is O=S(=O)(Nc1ccccc1)c1ccccc1C#Cc1ccccc1. The van der Waals surface area contributed by atoms with Crippen LogP contribution in [0.3, 0.4) is 0 Å². The summed E-state index contributed by atoms with van der Waals surface area (Å²) in [7, 11) is -3.70. The smallest absolute Gasteiger partial charge is 0.263 e. The Morgan fingerprint density at radius 1 is 0.667 bits per heavy atom. The van der Waals surface area contributed by atoms with Gasteiger partial charge in [-0.1, -0.05) is 60.4 Å². The van der Waals surface area contributed by atoms with Crippen molar-refractivity contribution in [3.8, 4) is 11.8 Å². The summed E-state index contributed by atoms with van der Waals surface area (Å²) in [6, 6.07) is 25.0. The third-order valence-electron chi connectivity index (χ3n) is 3.32. The zero-order chi connectivity index (χ0) is 16.8. The van der Waals surface area contributed by atoms with Crippen LogP contribution in [0.1, 0.15) is 11.1 Å². The number of anilines is 1. The maximum Gasteiger partial charge on any atom is 0.263 e. The van der Waals surface area contributed by atoms with Gasteiger partial charge in [0.15, 0.2) is 0 Å². The normalized spacial score (nSPS) is 10.5. The molecule has 1 N–H and O–H groups in total. The summed E-state index contributed by atoms with van der Waals surface area (Å²) in [6.07, 6.45) is 0. The third-order valence-corrected chi connectivity index (χ3v) is 4.76. The first kappa shape index (κ1) is 15.9. The van der Waals surface area contributed by atoms with Crippen LogP contribution in [0, 0.1) is 11.8 Å². The second-order valence-corrected chi connectivity index (χ2v) is 6.73. The second kappa shape index (κ2) is 7.03. The molecule has 0 bridgehead atoms. The zero-order valence-electron chi connectivity index (χ0n) is 12.8. The van der Waals surface area contributed by atoms with Gasteiger partial charge >= 0.3 is 0 Å². The van der Waals surface area contributed by atoms with E-state index in [1.807, 2.05) is 36.4 Å². The lowest BCUT2D eigenvalue weighted by Crippen LogP contribution is -2.14. The molecule has 0 aromatic heterocycles. The van der Waals surface area contributed by atoms with Gasteiger partial charge in [-0.15, -0.1) is 0 Å². The van der Waals surface area contributed by atoms with Crippen LogP contribution < -0.4 is 4.72 Å². The fraction of sp³-hybridized carbons (Fsp3) is 0. The first-order valence-corrected chi connectivity index (χ1v) is 8.87. The van der Waals surface area contributed by atoms with Gasteiger partial charge < -0.3 is 0 Å². The predicted molar refractivity (Wildman–Crippen MR) is 96.1 cm³/mol. The Labute approximate surface area is 142 Å². The summed E-state index contributed by atoms with van der Waals surface area (Å²) in [5.74, 6) is 5.95. The minimum absolute atomic E-state index is 0.164. The van der Waals surface area contributed by atoms with E-state index < -0.39 is 10.0 Å². The van der Waals surface area contributed by atoms with Gasteiger partial charge in [0.2, 0.25) is 0 Å². The minimum Gasteiger partial charge on any atom is -0.280 e. The van der Waals surface area contributed by atoms with Crippen molar-refractivity contribution in [3.63, 3.8) is 0 Å². The average Bonchev–Trinajstić information content (AvgIpc) is 2.61. The number of sulfonamides is 1. The Morgan fingerprint density at radius 3 is 1.96 bits per heavy atom. The van der Waals surface area contributed by atoms with E-state index in [0.717, 1.165) is 5.56 Å². The highest BCUT2D eigenvalue weighted by atomic mass is 32.2. The Bertz CT molecular complexity index is 986. The van der Waals surface area contributed by atoms with E-state index in [2.05, 4.69) is 16.6 Å². The molecule has 0 aliphatic carbocycles. The van der Waals surface area contributed by atoms with Gasteiger partial charge in [0.05, 0.1) is 0 Å². The fourth-order valence-electron chi connectivity index (χ4n) is 2.18. The lowest BCUT2D eigenvalue weighted by atomic mass is 10.2. The molecule has 3 nitrogen and oxygen atoms in total. The first-order valence-electron chi connectivity index (χ1n) is 7.39. The lowest BCUT2D eigenvalue weighted by molar-refractivity contribution is 0.601. The molecule has 24 heavy (non-hydrogen) atoms. The van der Waals surface area contributed by atoms with Crippen LogP contribution in [0.4, 0.5) is 5.69 Å². The van der Waals surface area contributed by atoms with Crippen molar-refractivity contribution in [3.05, 3.63) is 96.1 Å². The van der Waals surface area contributed by atoms with Crippen molar-refractivity contribution in [2.45, 2.75) is 4.90 Å². The van der Waals surface area contributed by atoms with E-state index >= 15 is 0 Å². The van der Waals surface area contributed by atoms with Gasteiger partial charge in [0.1, 0.15) is 4.90 Å². The number of nitrogens with one attached hydrogen (secondary N) is 1. The molecular formula is C20H15NO2S. The highest BCUT2D eigenvalue weighted by molar-refractivity contribution is 7.92. The summed E-state index contributed by atoms with van der Waals surface area (Å²) >= 11 is 0. The van der Waals surface area contributed by atoms with Crippen molar-refractivity contribution in [1.29, 1.82) is 0 Å². The topological polar surface area (TPSA) is 46.2 Å². The largest absolute Gasteiger partial charge is 0.280 e. The molecule has 4 heteroatoms. The number of hydrogen-bond donors (Lipinski definition) is 1. The van der Waals surface area contributed by atoms with Crippen LogP contribution in [-0.2, 0) is 10.0 Å². The number of para-hydroxylation sites is 1. The van der Waals surface area contributed by atoms with Crippen LogP contribution in [0.5, 0.6) is 0 Å². The fourth-order valence-corrected chi connectivity index (χ4v) is 3.40. The standard InChI is InChI=1S/C20H15NO2S/c22-24(23,21-19-12-5-2-6-13-19)20-14-8-7-11-18(20)16-15-17-9-3-1-4-10-17/h1-14,21H. The Balaban J connectivity index is 1.96. The van der Waals surface area contributed by atoms with Crippen molar-refractivity contribution < 1.29 is 8.42 Å². The molecule has 0 unspecified atom stereocenters. The third kappa shape index (κ3) is 3.83. The molecule has 3 aromatic carbocycles. The van der Waals surface area contributed by atoms with E-state index in [9.17, 15) is 8.42 Å². The quantitative estimate of drug-likeness (QED) is 0.739. The number of benzene rings is 3. The molecule has 118 valence electrons. The highest BCUT2D eigenvalue weighted by Crippen LogP contribution is 2.19. The Morgan fingerprint density at radius 2 is 1.25 bits per heavy atom. The van der Waals surface area contributed by atoms with Crippen molar-refractivity contribution in [2.75, 3.05) is 4.72 Å². The molecule has 0 amide bonds. The van der Waals surface area contributed by atoms with E-state index in [-0.39, 0.29) is 4.90 Å². The molecule has 0 aliphatic rings. The van der Waals surface area contributed by atoms with Gasteiger partial charge in [0.25, 0.3) is 10.0 Å². The van der Waals surface area contributed by atoms with Crippen LogP contribution in [0.15, 0.2) is 89.8 Å². The molecule has 0 spiro atoms. The van der Waals surface area contributed by atoms with E-state index in [0.29, 0.717) is 11.3 Å². The number of hydrogen-bond acceptors (Lipinski definition) is 2. The minimum atomic E-state index is -3.70. The average molecular weight is 333 g/mol. The summed E-state index contributed by atoms with van der Waals surface area (Å²) in [6.45, 7) is 0. The Hall–Kier alpha value is -3.03. The van der Waals surface area contributed by atoms with Crippen molar-refractivity contribution >= 4 is 15.7 Å². The molecule has 0 fully saturated rings. The maximum absolute atomic E-state index is 12.7. The molecule has 0 saturated heterocycles. The summed E-state index contributed by atoms with van der Waals surface area (Å²) < 4.78 is 27.9. The first-order chi connectivity index (χ1) is 11.6. The molecule has 0 radical (unpaired) electrons. The molecule has 0 aliphatic heterocycles. The molecule has 0 atom stereocenters. The van der Waals surface area contributed by atoms with E-state index in [1.165, 1.54) is 0 Å². The molecule has 0 saturated carbocycles. The van der Waals surface area contributed by atoms with Crippen LogP contribution in [-0.4, -0.2) is 8.42 Å². The van der Waals surface area contributed by atoms with Gasteiger partial charge in [-0.25, -0.2) is 8.42 Å². The van der Waals surface area contributed by atoms with Crippen LogP contribution >= 0.6 is 0 Å². The molecule has 0 heterocycles. The summed E-state index contributed by atoms with van der Waals surface area (Å²) in [5, 5.41) is 0. The summed E-state index contributed by atoms with van der Waals surface area (Å²) in [5.41, 5.74) is 1.81. The van der Waals surface area contributed by atoms with Gasteiger partial charge in [0, 0.05) is 16.8 Å². The maximum atomic E-state index is 12.7. The van der Waals surface area contributed by atoms with Crippen LogP contribution in [0.25, 0.3) is 0 Å². The molecule has 3 aromatic rings. The molecule has 3 rings (SSSR count). The predicted octanol–water partition coefficient (Wildman–Crippen LogP) is 3.89. The van der Waals surface area contributed by atoms with E-state index in [1.54, 1.807) is 48.5 Å². The molecular weight excluding hydrogens is 318 g/mol. The summed E-state index contributed by atoms with van der Waals surface area (Å²) in [4.78, 5) is 0.164. The Kier molecular flexibility index (Phi) is 4.64. The van der Waals surface area contributed by atoms with Crippen LogP contribution in [0.2, 0.25) is 0 Å². The van der Waals surface area contributed by atoms with E-state index in [4.69, 9.17) is 0 Å². The van der Waals surface area contributed by atoms with Gasteiger partial charge in [-0.3, -0.25) is 4.72 Å².